The van der Waals surface area contributed by atoms with Gasteiger partial charge >= 0.3 is 6.03 Å². The summed E-state index contributed by atoms with van der Waals surface area (Å²) < 4.78 is 0. The summed E-state index contributed by atoms with van der Waals surface area (Å²) in [6.07, 6.45) is 3.22. The van der Waals surface area contributed by atoms with Gasteiger partial charge in [-0.25, -0.2) is 4.79 Å². The van der Waals surface area contributed by atoms with E-state index in [2.05, 4.69) is 15.5 Å². The molecule has 0 spiro atoms. The molecule has 1 aliphatic rings. The number of nitrogens with two attached hydrogens (primary N) is 1. The van der Waals surface area contributed by atoms with Crippen molar-refractivity contribution in [3.05, 3.63) is 48.2 Å². The van der Waals surface area contributed by atoms with E-state index in [0.29, 0.717) is 0 Å². The van der Waals surface area contributed by atoms with Crippen LogP contribution in [0, 0.1) is 0 Å². The van der Waals surface area contributed by atoms with Crippen LogP contribution in [0.25, 0.3) is 0 Å². The summed E-state index contributed by atoms with van der Waals surface area (Å²) in [7, 11) is 0. The van der Waals surface area contributed by atoms with Crippen molar-refractivity contribution < 1.29 is 4.79 Å². The molecule has 5 heteroatoms. The molecule has 76 valence electrons. The maximum absolute atomic E-state index is 10.9. The minimum atomic E-state index is -0.937. The van der Waals surface area contributed by atoms with E-state index in [-0.39, 0.29) is 0 Å². The van der Waals surface area contributed by atoms with Crippen LogP contribution in [-0.4, -0.2) is 6.03 Å². The molecule has 0 aromatic heterocycles. The Kier molecular flexibility index (Phi) is 2.21. The lowest BCUT2D eigenvalue weighted by atomic mass is 10.0. The normalized spacial score (nSPS) is 22.9. The quantitative estimate of drug-likeness (QED) is 0.748. The molecule has 2 rings (SSSR count). The van der Waals surface area contributed by atoms with E-state index in [4.69, 9.17) is 5.73 Å². The summed E-state index contributed by atoms with van der Waals surface area (Å²) in [5, 5.41) is 10.3. The lowest BCUT2D eigenvalue weighted by Crippen LogP contribution is -2.44. The van der Waals surface area contributed by atoms with Crippen LogP contribution in [0.4, 0.5) is 4.79 Å². The third-order valence-electron chi connectivity index (χ3n) is 2.13. The van der Waals surface area contributed by atoms with Crippen molar-refractivity contribution in [3.63, 3.8) is 0 Å². The number of azo groups is 1. The van der Waals surface area contributed by atoms with Gasteiger partial charge in [0.2, 0.25) is 5.66 Å². The van der Waals surface area contributed by atoms with Crippen molar-refractivity contribution >= 4 is 6.03 Å². The molecule has 5 nitrogen and oxygen atoms in total. The van der Waals surface area contributed by atoms with Gasteiger partial charge in [-0.1, -0.05) is 30.3 Å². The highest BCUT2D eigenvalue weighted by molar-refractivity contribution is 5.73. The Morgan fingerprint density at radius 2 is 2.07 bits per heavy atom. The van der Waals surface area contributed by atoms with E-state index in [1.807, 2.05) is 30.3 Å². The Balaban J connectivity index is 2.40. The number of benzene rings is 1. The minimum absolute atomic E-state index is 0.635. The van der Waals surface area contributed by atoms with E-state index < -0.39 is 11.7 Å². The van der Waals surface area contributed by atoms with Gasteiger partial charge in [-0.15, -0.1) is 0 Å². The monoisotopic (exact) mass is 202 g/mol. The van der Waals surface area contributed by atoms with Gasteiger partial charge in [0.25, 0.3) is 0 Å². The van der Waals surface area contributed by atoms with Crippen LogP contribution in [0.15, 0.2) is 52.8 Å². The Labute approximate surface area is 86.7 Å². The van der Waals surface area contributed by atoms with Crippen molar-refractivity contribution in [3.8, 4) is 0 Å². The highest BCUT2D eigenvalue weighted by Crippen LogP contribution is 2.28. The molecule has 0 saturated heterocycles. The maximum atomic E-state index is 10.9. The second kappa shape index (κ2) is 3.53. The fraction of sp³-hybridized carbons (Fsp3) is 0.100. The van der Waals surface area contributed by atoms with Crippen LogP contribution < -0.4 is 11.1 Å². The number of carbonyl (C=O) groups is 1. The van der Waals surface area contributed by atoms with Crippen LogP contribution in [-0.2, 0) is 5.66 Å². The molecule has 3 N–H and O–H groups in total. The average Bonchev–Trinajstić information content (AvgIpc) is 2.68. The molecule has 0 aliphatic carbocycles. The SMILES string of the molecule is NC(=O)NC1(c2ccccc2)C=CN=N1. The van der Waals surface area contributed by atoms with E-state index in [1.54, 1.807) is 6.08 Å². The third-order valence-corrected chi connectivity index (χ3v) is 2.13. The Hall–Kier alpha value is -2.17. The zero-order chi connectivity index (χ0) is 10.7. The van der Waals surface area contributed by atoms with Gasteiger partial charge < -0.3 is 11.1 Å². The van der Waals surface area contributed by atoms with Crippen molar-refractivity contribution in [2.45, 2.75) is 5.66 Å². The standard InChI is InChI=1S/C10H10N4O/c11-9(15)13-10(6-7-12-14-10)8-4-2-1-3-5-8/h1-7H,(H3,11,13,15). The second-order valence-electron chi connectivity index (χ2n) is 3.15. The number of hydrogen-bond acceptors (Lipinski definition) is 3. The summed E-state index contributed by atoms with van der Waals surface area (Å²) in [6.45, 7) is 0. The summed E-state index contributed by atoms with van der Waals surface area (Å²) in [6, 6.07) is 8.68. The van der Waals surface area contributed by atoms with Gasteiger partial charge in [-0.3, -0.25) is 0 Å². The van der Waals surface area contributed by atoms with Gasteiger partial charge in [-0.2, -0.15) is 10.2 Å². The van der Waals surface area contributed by atoms with Crippen LogP contribution in [0.2, 0.25) is 0 Å². The van der Waals surface area contributed by atoms with E-state index in [9.17, 15) is 4.79 Å². The first-order valence-electron chi connectivity index (χ1n) is 4.46. The fourth-order valence-corrected chi connectivity index (χ4v) is 1.47. The molecular weight excluding hydrogens is 192 g/mol. The van der Waals surface area contributed by atoms with E-state index in [0.717, 1.165) is 5.56 Å². The van der Waals surface area contributed by atoms with Crippen molar-refractivity contribution in [2.24, 2.45) is 16.0 Å². The second-order valence-corrected chi connectivity index (χ2v) is 3.15. The Morgan fingerprint density at radius 1 is 1.33 bits per heavy atom. The van der Waals surface area contributed by atoms with Crippen LogP contribution in [0.3, 0.4) is 0 Å². The van der Waals surface area contributed by atoms with Crippen molar-refractivity contribution in [1.82, 2.24) is 5.32 Å². The van der Waals surface area contributed by atoms with E-state index in [1.165, 1.54) is 6.20 Å². The molecule has 15 heavy (non-hydrogen) atoms. The Morgan fingerprint density at radius 3 is 2.60 bits per heavy atom. The number of rotatable bonds is 2. The lowest BCUT2D eigenvalue weighted by molar-refractivity contribution is 0.240. The number of nitrogens with zero attached hydrogens (tertiary/aromatic N) is 2. The molecule has 1 unspecified atom stereocenters. The number of primary amides is 1. The number of carbonyl (C=O) groups excluding carboxylic acids is 1. The first-order chi connectivity index (χ1) is 7.23. The molecule has 0 radical (unpaired) electrons. The highest BCUT2D eigenvalue weighted by Gasteiger charge is 2.32. The number of nitrogens with one attached hydrogen (secondary N) is 1. The summed E-state index contributed by atoms with van der Waals surface area (Å²) in [5.41, 5.74) is 4.99. The smallest absolute Gasteiger partial charge is 0.314 e. The predicted molar refractivity (Wildman–Crippen MR) is 54.8 cm³/mol. The molecule has 1 aliphatic heterocycles. The molecule has 0 fully saturated rings. The molecule has 1 aromatic carbocycles. The van der Waals surface area contributed by atoms with Crippen LogP contribution in [0.5, 0.6) is 0 Å². The van der Waals surface area contributed by atoms with Gasteiger partial charge in [0.05, 0.1) is 0 Å². The van der Waals surface area contributed by atoms with Gasteiger partial charge in [0.1, 0.15) is 0 Å². The minimum Gasteiger partial charge on any atom is -0.352 e. The first kappa shape index (κ1) is 9.39. The molecule has 1 heterocycles. The average molecular weight is 202 g/mol. The Bertz CT molecular complexity index is 412. The summed E-state index contributed by atoms with van der Waals surface area (Å²) in [4.78, 5) is 10.9. The summed E-state index contributed by atoms with van der Waals surface area (Å²) >= 11 is 0. The predicted octanol–water partition coefficient (Wildman–Crippen LogP) is 1.49. The molecule has 2 amide bonds. The number of amides is 2. The number of hydrogen-bond donors (Lipinski definition) is 2. The fourth-order valence-electron chi connectivity index (χ4n) is 1.47. The zero-order valence-electron chi connectivity index (χ0n) is 7.92. The largest absolute Gasteiger partial charge is 0.352 e. The molecule has 0 saturated carbocycles. The summed E-state index contributed by atoms with van der Waals surface area (Å²) in [5.74, 6) is 0. The molecular formula is C10H10N4O. The highest BCUT2D eigenvalue weighted by atomic mass is 16.2. The van der Waals surface area contributed by atoms with Crippen molar-refractivity contribution in [2.75, 3.05) is 0 Å². The topological polar surface area (TPSA) is 79.8 Å². The van der Waals surface area contributed by atoms with Gasteiger partial charge in [0.15, 0.2) is 0 Å². The lowest BCUT2D eigenvalue weighted by Gasteiger charge is -2.23. The number of urea groups is 1. The molecule has 0 bridgehead atoms. The van der Waals surface area contributed by atoms with Crippen molar-refractivity contribution in [1.29, 1.82) is 0 Å². The first-order valence-corrected chi connectivity index (χ1v) is 4.46. The van der Waals surface area contributed by atoms with Gasteiger partial charge in [-0.05, 0) is 6.08 Å². The van der Waals surface area contributed by atoms with E-state index >= 15 is 0 Å². The van der Waals surface area contributed by atoms with Gasteiger partial charge in [0, 0.05) is 11.8 Å². The molecule has 1 atom stereocenters. The maximum Gasteiger partial charge on any atom is 0.314 e. The zero-order valence-corrected chi connectivity index (χ0v) is 7.92. The van der Waals surface area contributed by atoms with Crippen LogP contribution >= 0.6 is 0 Å². The third kappa shape index (κ3) is 1.71. The van der Waals surface area contributed by atoms with Crippen LogP contribution in [0.1, 0.15) is 5.56 Å². The molecule has 1 aromatic rings.